The van der Waals surface area contributed by atoms with Crippen LogP contribution in [0.5, 0.6) is 0 Å². The summed E-state index contributed by atoms with van der Waals surface area (Å²) >= 11 is 15.9. The predicted molar refractivity (Wildman–Crippen MR) is 39.2 cm³/mol. The van der Waals surface area contributed by atoms with Crippen LogP contribution < -0.4 is 0 Å². The van der Waals surface area contributed by atoms with E-state index in [1.165, 1.54) is 6.26 Å². The van der Waals surface area contributed by atoms with E-state index >= 15 is 0 Å². The Bertz CT molecular complexity index is 87.0. The van der Waals surface area contributed by atoms with Gasteiger partial charge in [0, 0.05) is 0 Å². The molecular formula is C3H5Cl3OSi. The zero-order valence-electron chi connectivity index (χ0n) is 4.20. The van der Waals surface area contributed by atoms with Crippen LogP contribution >= 0.6 is 33.2 Å². The first-order valence-electron chi connectivity index (χ1n) is 1.92. The molecule has 8 heavy (non-hydrogen) atoms. The molecule has 1 nitrogen and oxygen atoms in total. The van der Waals surface area contributed by atoms with Crippen molar-refractivity contribution in [3.63, 3.8) is 0 Å². The maximum atomic E-state index is 5.31. The van der Waals surface area contributed by atoms with Crippen molar-refractivity contribution in [3.8, 4) is 0 Å². The Kier molecular flexibility index (Phi) is 3.90. The summed E-state index contributed by atoms with van der Waals surface area (Å²) < 4.78 is 4.63. The zero-order valence-corrected chi connectivity index (χ0v) is 7.46. The van der Waals surface area contributed by atoms with Crippen molar-refractivity contribution in [3.05, 3.63) is 12.3 Å². The Morgan fingerprint density at radius 1 is 1.38 bits per heavy atom. The Morgan fingerprint density at radius 2 is 1.88 bits per heavy atom. The van der Waals surface area contributed by atoms with E-state index in [1.54, 1.807) is 13.0 Å². The zero-order chi connectivity index (χ0) is 6.62. The number of rotatable bonds is 2. The van der Waals surface area contributed by atoms with Crippen molar-refractivity contribution < 1.29 is 4.43 Å². The van der Waals surface area contributed by atoms with Crippen molar-refractivity contribution in [2.75, 3.05) is 0 Å². The van der Waals surface area contributed by atoms with Gasteiger partial charge in [-0.05, 0) is 6.92 Å². The molecule has 0 N–H and O–H groups in total. The fraction of sp³-hybridized carbons (Fsp3) is 0.333. The monoisotopic (exact) mass is 190 g/mol. The Labute approximate surface area is 63.4 Å². The molecule has 0 aromatic rings. The number of hydrogen-bond acceptors (Lipinski definition) is 1. The lowest BCUT2D eigenvalue weighted by atomic mass is 10.8. The van der Waals surface area contributed by atoms with Crippen LogP contribution in [0, 0.1) is 0 Å². The van der Waals surface area contributed by atoms with Gasteiger partial charge in [-0.1, -0.05) is 39.3 Å². The van der Waals surface area contributed by atoms with Crippen LogP contribution in [0.1, 0.15) is 6.92 Å². The van der Waals surface area contributed by atoms with Crippen molar-refractivity contribution >= 4 is 39.5 Å². The van der Waals surface area contributed by atoms with Gasteiger partial charge in [-0.3, -0.25) is 0 Å². The van der Waals surface area contributed by atoms with Gasteiger partial charge in [0.15, 0.2) is 0 Å². The van der Waals surface area contributed by atoms with E-state index < -0.39 is 6.25 Å². The molecular weight excluding hydrogens is 186 g/mol. The molecule has 0 bridgehead atoms. The van der Waals surface area contributed by atoms with Crippen LogP contribution in [0.15, 0.2) is 12.3 Å². The van der Waals surface area contributed by atoms with Crippen LogP contribution in [-0.2, 0) is 4.43 Å². The van der Waals surface area contributed by atoms with Gasteiger partial charge in [-0.2, -0.15) is 0 Å². The third kappa shape index (κ3) is 6.63. The van der Waals surface area contributed by atoms with Crippen LogP contribution in [0.25, 0.3) is 0 Å². The molecule has 0 unspecified atom stereocenters. The van der Waals surface area contributed by atoms with E-state index in [1.807, 2.05) is 0 Å². The van der Waals surface area contributed by atoms with Gasteiger partial charge >= 0.3 is 6.25 Å². The summed E-state index contributed by atoms with van der Waals surface area (Å²) in [4.78, 5) is 0. The first-order chi connectivity index (χ1) is 3.56. The summed E-state index contributed by atoms with van der Waals surface area (Å²) in [6.45, 7) is 1.78. The van der Waals surface area contributed by atoms with Gasteiger partial charge in [-0.25, -0.2) is 0 Å². The maximum Gasteiger partial charge on any atom is 0.555 e. The molecule has 0 aliphatic rings. The minimum Gasteiger partial charge on any atom is -0.515 e. The first kappa shape index (κ1) is 8.63. The largest absolute Gasteiger partial charge is 0.555 e. The molecule has 48 valence electrons. The van der Waals surface area contributed by atoms with Crippen LogP contribution in [0.2, 0.25) is 0 Å². The molecule has 0 saturated heterocycles. The summed E-state index contributed by atoms with van der Waals surface area (Å²) in [6.07, 6.45) is 0.188. The van der Waals surface area contributed by atoms with Crippen molar-refractivity contribution in [2.45, 2.75) is 6.92 Å². The van der Waals surface area contributed by atoms with Gasteiger partial charge < -0.3 is 4.43 Å². The predicted octanol–water partition coefficient (Wildman–Crippen LogP) is 2.69. The van der Waals surface area contributed by atoms with Gasteiger partial charge in [0.2, 0.25) is 0 Å². The lowest BCUT2D eigenvalue weighted by Crippen LogP contribution is -2.10. The number of hydrogen-bond donors (Lipinski definition) is 0. The van der Waals surface area contributed by atoms with E-state index in [-0.39, 0.29) is 0 Å². The maximum absolute atomic E-state index is 5.31. The topological polar surface area (TPSA) is 9.23 Å². The van der Waals surface area contributed by atoms with Crippen molar-refractivity contribution in [1.29, 1.82) is 0 Å². The second kappa shape index (κ2) is 3.61. The quantitative estimate of drug-likeness (QED) is 0.370. The van der Waals surface area contributed by atoms with Crippen molar-refractivity contribution in [1.82, 2.24) is 0 Å². The summed E-state index contributed by atoms with van der Waals surface area (Å²) in [5, 5.41) is 0. The average molecular weight is 192 g/mol. The molecule has 5 heteroatoms. The Hall–Kier alpha value is 0.627. The highest BCUT2D eigenvalue weighted by Crippen LogP contribution is 2.20. The van der Waals surface area contributed by atoms with Crippen molar-refractivity contribution in [2.24, 2.45) is 0 Å². The fourth-order valence-corrected chi connectivity index (χ4v) is 0.898. The summed E-state index contributed by atoms with van der Waals surface area (Å²) in [7, 11) is 0. The van der Waals surface area contributed by atoms with Crippen LogP contribution in [0.4, 0.5) is 0 Å². The molecule has 0 heterocycles. The van der Waals surface area contributed by atoms with E-state index in [4.69, 9.17) is 33.2 Å². The number of allylic oxidation sites excluding steroid dienone is 1. The third-order valence-corrected chi connectivity index (χ3v) is 1.54. The van der Waals surface area contributed by atoms with Crippen LogP contribution in [0.3, 0.4) is 0 Å². The third-order valence-electron chi connectivity index (χ3n) is 0.338. The highest BCUT2D eigenvalue weighted by atomic mass is 35.8. The highest BCUT2D eigenvalue weighted by molar-refractivity contribution is 7.62. The van der Waals surface area contributed by atoms with Gasteiger partial charge in [0.05, 0.1) is 6.26 Å². The van der Waals surface area contributed by atoms with Gasteiger partial charge in [-0.15, -0.1) is 0 Å². The Balaban J connectivity index is 3.39. The number of halogens is 3. The van der Waals surface area contributed by atoms with E-state index in [0.29, 0.717) is 0 Å². The molecule has 0 saturated carbocycles. The molecule has 0 aromatic heterocycles. The molecule has 0 fully saturated rings. The molecule has 0 spiro atoms. The molecule has 0 amide bonds. The van der Waals surface area contributed by atoms with E-state index in [2.05, 4.69) is 4.43 Å². The van der Waals surface area contributed by atoms with Gasteiger partial charge in [0.25, 0.3) is 0 Å². The molecule has 0 aromatic carbocycles. The average Bonchev–Trinajstić information content (AvgIpc) is 1.59. The molecule has 0 radical (unpaired) electrons. The van der Waals surface area contributed by atoms with E-state index in [0.717, 1.165) is 0 Å². The van der Waals surface area contributed by atoms with Crippen LogP contribution in [-0.4, -0.2) is 6.25 Å². The molecule has 0 rings (SSSR count). The highest BCUT2D eigenvalue weighted by Gasteiger charge is 2.27. The molecule has 0 aliphatic heterocycles. The summed E-state index contributed by atoms with van der Waals surface area (Å²) in [5.74, 6) is 0. The summed E-state index contributed by atoms with van der Waals surface area (Å²) in [5.41, 5.74) is 0. The second-order valence-electron chi connectivity index (χ2n) is 1.03. The lowest BCUT2D eigenvalue weighted by molar-refractivity contribution is 0.514. The summed E-state index contributed by atoms with van der Waals surface area (Å²) in [6, 6.07) is 0. The normalized spacial score (nSPS) is 12.5. The lowest BCUT2D eigenvalue weighted by Gasteiger charge is -2.03. The minimum atomic E-state index is -2.85. The molecule has 0 atom stereocenters. The smallest absolute Gasteiger partial charge is 0.515 e. The first-order valence-corrected chi connectivity index (χ1v) is 6.86. The SMILES string of the molecule is C/C=C/O[Si](Cl)(Cl)Cl. The van der Waals surface area contributed by atoms with Gasteiger partial charge in [0.1, 0.15) is 0 Å². The Morgan fingerprint density at radius 3 is 2.00 bits per heavy atom. The minimum absolute atomic E-state index is 1.37. The standard InChI is InChI=1S/C3H5Cl3OSi/c1-2-3-7-8(4,5)6/h2-3H,1H3/b3-2+. The molecule has 0 aliphatic carbocycles. The van der Waals surface area contributed by atoms with E-state index in [9.17, 15) is 0 Å². The second-order valence-corrected chi connectivity index (χ2v) is 8.69. The fourth-order valence-electron chi connectivity index (χ4n) is 0.145.